The molecule has 2 saturated heterocycles. The van der Waals surface area contributed by atoms with E-state index in [2.05, 4.69) is 12.2 Å². The lowest BCUT2D eigenvalue weighted by molar-refractivity contribution is -0.137. The van der Waals surface area contributed by atoms with Crippen molar-refractivity contribution in [2.75, 3.05) is 39.0 Å². The second-order valence-electron chi connectivity index (χ2n) is 5.57. The molecular formula is C12H23N3O3S. The molecule has 2 aliphatic heterocycles. The molecule has 0 saturated carbocycles. The number of nitrogens with zero attached hydrogens (tertiary/aromatic N) is 2. The number of carbonyl (C=O) groups is 1. The summed E-state index contributed by atoms with van der Waals surface area (Å²) in [5.41, 5.74) is 0. The maximum absolute atomic E-state index is 12.3. The number of hydrogen-bond donors (Lipinski definition) is 1. The van der Waals surface area contributed by atoms with Gasteiger partial charge in [-0.15, -0.1) is 0 Å². The maximum atomic E-state index is 12.3. The van der Waals surface area contributed by atoms with Gasteiger partial charge in [0, 0.05) is 38.8 Å². The zero-order chi connectivity index (χ0) is 14.0. The fraction of sp³-hybridized carbons (Fsp3) is 0.917. The van der Waals surface area contributed by atoms with E-state index in [4.69, 9.17) is 0 Å². The lowest BCUT2D eigenvalue weighted by Gasteiger charge is -2.36. The molecule has 0 radical (unpaired) electrons. The van der Waals surface area contributed by atoms with Gasteiger partial charge in [0.2, 0.25) is 15.9 Å². The van der Waals surface area contributed by atoms with E-state index < -0.39 is 10.0 Å². The van der Waals surface area contributed by atoms with E-state index in [1.165, 1.54) is 10.6 Å². The average Bonchev–Trinajstić information content (AvgIpc) is 2.38. The Balaban J connectivity index is 1.86. The van der Waals surface area contributed by atoms with Gasteiger partial charge in [0.15, 0.2) is 0 Å². The van der Waals surface area contributed by atoms with Gasteiger partial charge in [0.1, 0.15) is 0 Å². The van der Waals surface area contributed by atoms with E-state index in [9.17, 15) is 13.2 Å². The summed E-state index contributed by atoms with van der Waals surface area (Å²) in [6.07, 6.45) is 3.18. The molecule has 2 fully saturated rings. The lowest BCUT2D eigenvalue weighted by atomic mass is 9.94. The largest absolute Gasteiger partial charge is 0.340 e. The SMILES string of the molecule is CC1CCC(C(=O)N2CCN(S(C)(=O)=O)CC2)CN1. The Hall–Kier alpha value is -0.660. The Kier molecular flexibility index (Phi) is 4.47. The molecule has 2 aliphatic rings. The third-order valence-electron chi connectivity index (χ3n) is 4.03. The van der Waals surface area contributed by atoms with Crippen molar-refractivity contribution in [1.82, 2.24) is 14.5 Å². The number of carbonyl (C=O) groups excluding carboxylic acids is 1. The highest BCUT2D eigenvalue weighted by Crippen LogP contribution is 2.18. The summed E-state index contributed by atoms with van der Waals surface area (Å²) in [5.74, 6) is 0.230. The standard InChI is InChI=1S/C12H23N3O3S/c1-10-3-4-11(9-13-10)12(16)14-5-7-15(8-6-14)19(2,17)18/h10-11,13H,3-9H2,1-2H3. The molecule has 2 heterocycles. The summed E-state index contributed by atoms with van der Waals surface area (Å²) in [4.78, 5) is 14.1. The molecule has 0 aliphatic carbocycles. The van der Waals surface area contributed by atoms with E-state index in [1.54, 1.807) is 0 Å². The van der Waals surface area contributed by atoms with Crippen LogP contribution in [0.25, 0.3) is 0 Å². The Bertz CT molecular complexity index is 422. The van der Waals surface area contributed by atoms with Crippen molar-refractivity contribution in [3.05, 3.63) is 0 Å². The van der Waals surface area contributed by atoms with Crippen LogP contribution in [0.1, 0.15) is 19.8 Å². The summed E-state index contributed by atoms with van der Waals surface area (Å²) < 4.78 is 24.3. The second-order valence-corrected chi connectivity index (χ2v) is 7.55. The van der Waals surface area contributed by atoms with E-state index in [-0.39, 0.29) is 11.8 Å². The maximum Gasteiger partial charge on any atom is 0.227 e. The molecule has 0 aromatic carbocycles. The van der Waals surface area contributed by atoms with Crippen LogP contribution in [0.5, 0.6) is 0 Å². The van der Waals surface area contributed by atoms with Crippen molar-refractivity contribution >= 4 is 15.9 Å². The molecule has 1 amide bonds. The van der Waals surface area contributed by atoms with Crippen LogP contribution in [0.4, 0.5) is 0 Å². The predicted octanol–water partition coefficient (Wildman–Crippen LogP) is -0.522. The monoisotopic (exact) mass is 289 g/mol. The summed E-state index contributed by atoms with van der Waals surface area (Å²) >= 11 is 0. The van der Waals surface area contributed by atoms with Crippen LogP contribution < -0.4 is 5.32 Å². The Morgan fingerprint density at radius 1 is 1.16 bits per heavy atom. The van der Waals surface area contributed by atoms with Crippen molar-refractivity contribution in [3.63, 3.8) is 0 Å². The van der Waals surface area contributed by atoms with Gasteiger partial charge in [-0.3, -0.25) is 4.79 Å². The number of piperazine rings is 1. The van der Waals surface area contributed by atoms with Crippen molar-refractivity contribution in [2.45, 2.75) is 25.8 Å². The van der Waals surface area contributed by atoms with Gasteiger partial charge in [-0.25, -0.2) is 8.42 Å². The Morgan fingerprint density at radius 3 is 2.26 bits per heavy atom. The zero-order valence-corrected chi connectivity index (χ0v) is 12.4. The first-order valence-electron chi connectivity index (χ1n) is 6.85. The van der Waals surface area contributed by atoms with Gasteiger partial charge < -0.3 is 10.2 Å². The number of amides is 1. The zero-order valence-electron chi connectivity index (χ0n) is 11.6. The molecule has 2 rings (SSSR count). The fourth-order valence-corrected chi connectivity index (χ4v) is 3.53. The second kappa shape index (κ2) is 5.76. The number of rotatable bonds is 2. The third kappa shape index (κ3) is 3.67. The lowest BCUT2D eigenvalue weighted by Crippen LogP contribution is -2.53. The summed E-state index contributed by atoms with van der Waals surface area (Å²) in [7, 11) is -3.12. The smallest absolute Gasteiger partial charge is 0.227 e. The molecule has 0 aromatic rings. The number of nitrogens with one attached hydrogen (secondary N) is 1. The highest BCUT2D eigenvalue weighted by atomic mass is 32.2. The topological polar surface area (TPSA) is 69.7 Å². The molecule has 7 heteroatoms. The fourth-order valence-electron chi connectivity index (χ4n) is 2.71. The molecule has 19 heavy (non-hydrogen) atoms. The molecule has 1 N–H and O–H groups in total. The highest BCUT2D eigenvalue weighted by molar-refractivity contribution is 7.88. The minimum atomic E-state index is -3.12. The van der Waals surface area contributed by atoms with E-state index >= 15 is 0 Å². The molecule has 110 valence electrons. The van der Waals surface area contributed by atoms with Crippen molar-refractivity contribution < 1.29 is 13.2 Å². The van der Waals surface area contributed by atoms with Crippen LogP contribution in [-0.4, -0.2) is 68.6 Å². The van der Waals surface area contributed by atoms with Gasteiger partial charge in [0.25, 0.3) is 0 Å². The summed E-state index contributed by atoms with van der Waals surface area (Å²) in [6, 6.07) is 0.492. The molecule has 2 atom stereocenters. The van der Waals surface area contributed by atoms with Crippen LogP contribution >= 0.6 is 0 Å². The van der Waals surface area contributed by atoms with Crippen LogP contribution in [0.2, 0.25) is 0 Å². The highest BCUT2D eigenvalue weighted by Gasteiger charge is 2.31. The first-order valence-corrected chi connectivity index (χ1v) is 8.70. The average molecular weight is 289 g/mol. The van der Waals surface area contributed by atoms with Crippen molar-refractivity contribution in [2.24, 2.45) is 5.92 Å². The molecule has 6 nitrogen and oxygen atoms in total. The van der Waals surface area contributed by atoms with Crippen LogP contribution in [0, 0.1) is 5.92 Å². The van der Waals surface area contributed by atoms with Crippen LogP contribution in [-0.2, 0) is 14.8 Å². The molecule has 0 bridgehead atoms. The minimum absolute atomic E-state index is 0.0565. The Labute approximate surface area is 115 Å². The van der Waals surface area contributed by atoms with Gasteiger partial charge in [-0.2, -0.15) is 4.31 Å². The van der Waals surface area contributed by atoms with Crippen LogP contribution in [0.15, 0.2) is 0 Å². The van der Waals surface area contributed by atoms with Crippen molar-refractivity contribution in [1.29, 1.82) is 0 Å². The quantitative estimate of drug-likeness (QED) is 0.742. The third-order valence-corrected chi connectivity index (χ3v) is 5.33. The first kappa shape index (κ1) is 14.7. The number of sulfonamides is 1. The van der Waals surface area contributed by atoms with Gasteiger partial charge >= 0.3 is 0 Å². The molecular weight excluding hydrogens is 266 g/mol. The van der Waals surface area contributed by atoms with E-state index in [0.717, 1.165) is 19.4 Å². The van der Waals surface area contributed by atoms with Crippen molar-refractivity contribution in [3.8, 4) is 0 Å². The Morgan fingerprint density at radius 2 is 1.79 bits per heavy atom. The predicted molar refractivity (Wildman–Crippen MR) is 73.2 cm³/mol. The van der Waals surface area contributed by atoms with Gasteiger partial charge in [-0.1, -0.05) is 0 Å². The number of hydrogen-bond acceptors (Lipinski definition) is 4. The molecule has 0 spiro atoms. The molecule has 0 aromatic heterocycles. The van der Waals surface area contributed by atoms with Gasteiger partial charge in [-0.05, 0) is 19.8 Å². The summed E-state index contributed by atoms with van der Waals surface area (Å²) in [5, 5.41) is 3.33. The first-order chi connectivity index (χ1) is 8.88. The normalized spacial score (nSPS) is 30.3. The van der Waals surface area contributed by atoms with Crippen LogP contribution in [0.3, 0.4) is 0 Å². The van der Waals surface area contributed by atoms with E-state index in [1.807, 2.05) is 4.90 Å². The summed E-state index contributed by atoms with van der Waals surface area (Å²) in [6.45, 7) is 4.73. The minimum Gasteiger partial charge on any atom is -0.340 e. The number of piperidine rings is 1. The molecule has 2 unspecified atom stereocenters. The van der Waals surface area contributed by atoms with E-state index in [0.29, 0.717) is 32.2 Å². The van der Waals surface area contributed by atoms with Gasteiger partial charge in [0.05, 0.1) is 12.2 Å².